The van der Waals surface area contributed by atoms with Crippen molar-refractivity contribution >= 4 is 11.8 Å². The third kappa shape index (κ3) is 2.11. The van der Waals surface area contributed by atoms with E-state index in [-0.39, 0.29) is 11.7 Å². The van der Waals surface area contributed by atoms with Crippen LogP contribution in [0.3, 0.4) is 0 Å². The van der Waals surface area contributed by atoms with E-state index in [2.05, 4.69) is 24.3 Å². The van der Waals surface area contributed by atoms with E-state index in [1.165, 1.54) is 29.7 Å². The number of aliphatic hydroxyl groups is 1. The van der Waals surface area contributed by atoms with E-state index in [1.54, 1.807) is 0 Å². The number of ether oxygens (including phenoxy) is 1. The zero-order chi connectivity index (χ0) is 13.6. The van der Waals surface area contributed by atoms with E-state index in [4.69, 9.17) is 4.74 Å². The van der Waals surface area contributed by atoms with E-state index in [0.717, 1.165) is 25.2 Å². The first-order valence-corrected chi connectivity index (χ1v) is 8.80. The summed E-state index contributed by atoms with van der Waals surface area (Å²) in [7, 11) is 0. The molecule has 3 unspecified atom stereocenters. The minimum absolute atomic E-state index is 0.134. The fourth-order valence-electron chi connectivity index (χ4n) is 4.08. The average molecular weight is 290 g/mol. The van der Waals surface area contributed by atoms with Crippen LogP contribution in [0.5, 0.6) is 0 Å². The van der Waals surface area contributed by atoms with Crippen molar-refractivity contribution in [3.8, 4) is 0 Å². The Balaban J connectivity index is 1.51. The molecule has 2 nitrogen and oxygen atoms in total. The molecule has 0 amide bonds. The summed E-state index contributed by atoms with van der Waals surface area (Å²) >= 11 is 1.90. The van der Waals surface area contributed by atoms with Gasteiger partial charge in [-0.15, -0.1) is 11.8 Å². The minimum Gasteiger partial charge on any atom is -0.392 e. The average Bonchev–Trinajstić information content (AvgIpc) is 2.89. The molecule has 1 aromatic carbocycles. The summed E-state index contributed by atoms with van der Waals surface area (Å²) in [6.07, 6.45) is 5.58. The molecule has 2 fully saturated rings. The summed E-state index contributed by atoms with van der Waals surface area (Å²) in [6.45, 7) is 0.837. The van der Waals surface area contributed by atoms with Crippen LogP contribution in [0.4, 0.5) is 0 Å². The highest BCUT2D eigenvalue weighted by Gasteiger charge is 2.46. The van der Waals surface area contributed by atoms with Crippen molar-refractivity contribution in [3.05, 3.63) is 29.8 Å². The largest absolute Gasteiger partial charge is 0.392 e. The Morgan fingerprint density at radius 1 is 1.30 bits per heavy atom. The van der Waals surface area contributed by atoms with Gasteiger partial charge in [0, 0.05) is 23.2 Å². The third-order valence-corrected chi connectivity index (χ3v) is 6.64. The Hall–Kier alpha value is -0.510. The normalized spacial score (nSPS) is 32.6. The van der Waals surface area contributed by atoms with E-state index >= 15 is 0 Å². The molecule has 0 radical (unpaired) electrons. The first-order chi connectivity index (χ1) is 9.77. The topological polar surface area (TPSA) is 29.5 Å². The van der Waals surface area contributed by atoms with Crippen LogP contribution in [0.25, 0.3) is 0 Å². The summed E-state index contributed by atoms with van der Waals surface area (Å²) < 4.78 is 6.00. The van der Waals surface area contributed by atoms with Gasteiger partial charge >= 0.3 is 0 Å². The highest BCUT2D eigenvalue weighted by Crippen LogP contribution is 2.49. The molecule has 2 aliphatic heterocycles. The Bertz CT molecular complexity index is 498. The molecule has 1 aliphatic carbocycles. The molecule has 3 atom stereocenters. The van der Waals surface area contributed by atoms with Crippen LogP contribution in [0.15, 0.2) is 29.2 Å². The van der Waals surface area contributed by atoms with E-state index in [0.29, 0.717) is 11.8 Å². The van der Waals surface area contributed by atoms with Crippen LogP contribution in [-0.4, -0.2) is 29.2 Å². The second-order valence-corrected chi connectivity index (χ2v) is 7.65. The van der Waals surface area contributed by atoms with Crippen molar-refractivity contribution in [2.24, 2.45) is 5.92 Å². The maximum atomic E-state index is 10.9. The van der Waals surface area contributed by atoms with Gasteiger partial charge in [-0.2, -0.15) is 0 Å². The lowest BCUT2D eigenvalue weighted by molar-refractivity contribution is -0.158. The first-order valence-electron chi connectivity index (χ1n) is 7.81. The van der Waals surface area contributed by atoms with E-state index < -0.39 is 0 Å². The standard InChI is InChI=1S/C17H22O2S/c18-16(12-6-9-19-17(10-12)7-3-8-17)14-11-20-15-5-2-1-4-13(14)15/h1-2,4-5,12,14,16,18H,3,6-11H2. The number of hydrogen-bond acceptors (Lipinski definition) is 3. The van der Waals surface area contributed by atoms with Gasteiger partial charge in [0.1, 0.15) is 0 Å². The van der Waals surface area contributed by atoms with Crippen molar-refractivity contribution in [1.82, 2.24) is 0 Å². The smallest absolute Gasteiger partial charge is 0.0686 e. The number of hydrogen-bond donors (Lipinski definition) is 1. The maximum Gasteiger partial charge on any atom is 0.0686 e. The molecular weight excluding hydrogens is 268 g/mol. The van der Waals surface area contributed by atoms with Crippen molar-refractivity contribution < 1.29 is 9.84 Å². The molecule has 1 N–H and O–H groups in total. The predicted octanol–water partition coefficient (Wildman–Crippen LogP) is 3.59. The summed E-state index contributed by atoms with van der Waals surface area (Å²) in [5, 5.41) is 10.9. The quantitative estimate of drug-likeness (QED) is 0.902. The lowest BCUT2D eigenvalue weighted by Gasteiger charge is -2.48. The predicted molar refractivity (Wildman–Crippen MR) is 81.2 cm³/mol. The molecule has 1 saturated heterocycles. The number of thioether (sulfide) groups is 1. The van der Waals surface area contributed by atoms with Gasteiger partial charge in [-0.25, -0.2) is 0 Å². The fourth-order valence-corrected chi connectivity index (χ4v) is 5.37. The molecule has 108 valence electrons. The Labute approximate surface area is 124 Å². The molecular formula is C17H22O2S. The van der Waals surface area contributed by atoms with Gasteiger partial charge in [-0.05, 0) is 49.7 Å². The Morgan fingerprint density at radius 3 is 2.95 bits per heavy atom. The fraction of sp³-hybridized carbons (Fsp3) is 0.647. The second kappa shape index (κ2) is 5.04. The molecule has 20 heavy (non-hydrogen) atoms. The molecule has 1 saturated carbocycles. The van der Waals surface area contributed by atoms with Gasteiger partial charge in [0.2, 0.25) is 0 Å². The van der Waals surface area contributed by atoms with Crippen molar-refractivity contribution in [3.63, 3.8) is 0 Å². The molecule has 1 spiro atoms. The summed E-state index contributed by atoms with van der Waals surface area (Å²) in [6, 6.07) is 8.58. The molecule has 3 heteroatoms. The zero-order valence-electron chi connectivity index (χ0n) is 11.8. The summed E-state index contributed by atoms with van der Waals surface area (Å²) in [4.78, 5) is 1.36. The molecule has 4 rings (SSSR count). The summed E-state index contributed by atoms with van der Waals surface area (Å²) in [5.74, 6) is 1.77. The van der Waals surface area contributed by atoms with Crippen LogP contribution in [-0.2, 0) is 4.74 Å². The van der Waals surface area contributed by atoms with Gasteiger partial charge in [0.05, 0.1) is 11.7 Å². The van der Waals surface area contributed by atoms with Gasteiger partial charge < -0.3 is 9.84 Å². The number of fused-ring (bicyclic) bond motifs is 1. The van der Waals surface area contributed by atoms with E-state index in [1.807, 2.05) is 11.8 Å². The molecule has 2 heterocycles. The monoisotopic (exact) mass is 290 g/mol. The van der Waals surface area contributed by atoms with Crippen LogP contribution in [0.1, 0.15) is 43.6 Å². The lowest BCUT2D eigenvalue weighted by Crippen LogP contribution is -2.48. The van der Waals surface area contributed by atoms with Crippen molar-refractivity contribution in [2.75, 3.05) is 12.4 Å². The number of benzene rings is 1. The third-order valence-electron chi connectivity index (χ3n) is 5.43. The summed E-state index contributed by atoms with van der Waals surface area (Å²) in [5.41, 5.74) is 1.49. The molecule has 0 aromatic heterocycles. The Kier molecular flexibility index (Phi) is 3.32. The maximum absolute atomic E-state index is 10.9. The number of rotatable bonds is 2. The van der Waals surface area contributed by atoms with Crippen LogP contribution >= 0.6 is 11.8 Å². The molecule has 1 aromatic rings. The van der Waals surface area contributed by atoms with Crippen LogP contribution in [0.2, 0.25) is 0 Å². The highest BCUT2D eigenvalue weighted by molar-refractivity contribution is 7.99. The second-order valence-electron chi connectivity index (χ2n) is 6.58. The van der Waals surface area contributed by atoms with Gasteiger partial charge in [0.15, 0.2) is 0 Å². The van der Waals surface area contributed by atoms with Gasteiger partial charge in [0.25, 0.3) is 0 Å². The number of aliphatic hydroxyl groups excluding tert-OH is 1. The van der Waals surface area contributed by atoms with Crippen molar-refractivity contribution in [1.29, 1.82) is 0 Å². The van der Waals surface area contributed by atoms with Gasteiger partial charge in [-0.1, -0.05) is 18.2 Å². The van der Waals surface area contributed by atoms with Gasteiger partial charge in [-0.3, -0.25) is 0 Å². The molecule has 3 aliphatic rings. The van der Waals surface area contributed by atoms with Crippen LogP contribution < -0.4 is 0 Å². The molecule has 0 bridgehead atoms. The highest BCUT2D eigenvalue weighted by atomic mass is 32.2. The zero-order valence-corrected chi connectivity index (χ0v) is 12.6. The van der Waals surface area contributed by atoms with Crippen LogP contribution in [0, 0.1) is 5.92 Å². The first kappa shape index (κ1) is 13.2. The van der Waals surface area contributed by atoms with Crippen molar-refractivity contribution in [2.45, 2.75) is 54.6 Å². The Morgan fingerprint density at radius 2 is 2.15 bits per heavy atom. The van der Waals surface area contributed by atoms with E-state index in [9.17, 15) is 5.11 Å². The minimum atomic E-state index is -0.201. The lowest BCUT2D eigenvalue weighted by atomic mass is 9.69. The SMILES string of the molecule is OC(C1CCOC2(CCC2)C1)C1CSc2ccccc21.